The van der Waals surface area contributed by atoms with Crippen molar-refractivity contribution in [3.8, 4) is 0 Å². The predicted molar refractivity (Wildman–Crippen MR) is 92.1 cm³/mol. The van der Waals surface area contributed by atoms with Gasteiger partial charge in [0.15, 0.2) is 5.96 Å². The maximum atomic E-state index is 4.30. The minimum absolute atomic E-state index is 0.231. The molecule has 112 valence electrons. The van der Waals surface area contributed by atoms with Crippen molar-refractivity contribution in [3.05, 3.63) is 58.3 Å². The highest BCUT2D eigenvalue weighted by Crippen LogP contribution is 2.19. The topological polar surface area (TPSA) is 36.4 Å². The van der Waals surface area contributed by atoms with Gasteiger partial charge in [-0.05, 0) is 23.9 Å². The quantitative estimate of drug-likeness (QED) is 0.651. The number of guanidine groups is 1. The Hall–Kier alpha value is -1.81. The van der Waals surface area contributed by atoms with Crippen molar-refractivity contribution < 1.29 is 0 Å². The van der Waals surface area contributed by atoms with E-state index in [4.69, 9.17) is 0 Å². The van der Waals surface area contributed by atoms with Crippen molar-refractivity contribution in [2.24, 2.45) is 4.99 Å². The normalized spacial score (nSPS) is 14.5. The maximum Gasteiger partial charge on any atom is 0.191 e. The smallest absolute Gasteiger partial charge is 0.191 e. The second-order valence-electron chi connectivity index (χ2n) is 5.15. The Balaban J connectivity index is 1.86. The van der Waals surface area contributed by atoms with Crippen molar-refractivity contribution in [3.63, 3.8) is 0 Å². The molecule has 0 spiro atoms. The second-order valence-corrected chi connectivity index (χ2v) is 6.13. The summed E-state index contributed by atoms with van der Waals surface area (Å²) in [5, 5.41) is 8.95. The summed E-state index contributed by atoms with van der Waals surface area (Å²) >= 11 is 1.80. The number of nitrogens with zero attached hydrogens (tertiary/aromatic N) is 1. The Morgan fingerprint density at radius 2 is 1.90 bits per heavy atom. The van der Waals surface area contributed by atoms with E-state index in [-0.39, 0.29) is 6.04 Å². The molecule has 0 fully saturated rings. The zero-order valence-electron chi connectivity index (χ0n) is 12.8. The van der Waals surface area contributed by atoms with Crippen LogP contribution in [0, 0.1) is 0 Å². The summed E-state index contributed by atoms with van der Waals surface area (Å²) in [5.74, 6) is 1.32. The molecule has 2 aromatic rings. The fourth-order valence-corrected chi connectivity index (χ4v) is 2.93. The molecular formula is C17H23N3S. The highest BCUT2D eigenvalue weighted by molar-refractivity contribution is 7.10. The van der Waals surface area contributed by atoms with Gasteiger partial charge in [-0.2, -0.15) is 0 Å². The Kier molecular flexibility index (Phi) is 5.81. The first-order chi connectivity index (χ1) is 10.2. The lowest BCUT2D eigenvalue weighted by Crippen LogP contribution is -2.40. The first-order valence-corrected chi connectivity index (χ1v) is 8.14. The number of hydrogen-bond donors (Lipinski definition) is 2. The molecule has 2 unspecified atom stereocenters. The van der Waals surface area contributed by atoms with Crippen LogP contribution in [-0.4, -0.2) is 19.6 Å². The minimum atomic E-state index is 0.231. The third-order valence-corrected chi connectivity index (χ3v) is 4.58. The lowest BCUT2D eigenvalue weighted by molar-refractivity contribution is 0.661. The number of thiophene rings is 1. The van der Waals surface area contributed by atoms with E-state index in [1.54, 1.807) is 11.3 Å². The van der Waals surface area contributed by atoms with Crippen LogP contribution in [0.1, 0.15) is 36.2 Å². The first-order valence-electron chi connectivity index (χ1n) is 7.26. The molecular weight excluding hydrogens is 278 g/mol. The molecule has 0 aliphatic rings. The van der Waals surface area contributed by atoms with Crippen molar-refractivity contribution in [2.75, 3.05) is 13.6 Å². The van der Waals surface area contributed by atoms with Gasteiger partial charge in [0, 0.05) is 24.4 Å². The number of aliphatic imine (C=N–C) groups is 1. The molecule has 21 heavy (non-hydrogen) atoms. The lowest BCUT2D eigenvalue weighted by Gasteiger charge is -2.19. The van der Waals surface area contributed by atoms with E-state index in [0.717, 1.165) is 12.5 Å². The number of hydrogen-bond acceptors (Lipinski definition) is 2. The number of rotatable bonds is 5. The van der Waals surface area contributed by atoms with Gasteiger partial charge in [-0.1, -0.05) is 43.3 Å². The molecule has 0 saturated heterocycles. The summed E-state index contributed by atoms with van der Waals surface area (Å²) < 4.78 is 0. The molecule has 4 heteroatoms. The van der Waals surface area contributed by atoms with Crippen LogP contribution in [0.4, 0.5) is 0 Å². The molecule has 0 amide bonds. The van der Waals surface area contributed by atoms with Gasteiger partial charge in [-0.15, -0.1) is 11.3 Å². The molecule has 0 bridgehead atoms. The van der Waals surface area contributed by atoms with Crippen molar-refractivity contribution in [2.45, 2.75) is 25.8 Å². The Morgan fingerprint density at radius 3 is 2.52 bits per heavy atom. The standard InChI is InChI=1S/C17H23N3S/c1-13(16-10-7-11-21-16)12-19-17(18-3)20-14(2)15-8-5-4-6-9-15/h4-11,13-14H,12H2,1-3H3,(H2,18,19,20). The van der Waals surface area contributed by atoms with Crippen LogP contribution in [0.2, 0.25) is 0 Å². The van der Waals surface area contributed by atoms with Gasteiger partial charge in [0.25, 0.3) is 0 Å². The van der Waals surface area contributed by atoms with Crippen LogP contribution >= 0.6 is 11.3 Å². The molecule has 2 atom stereocenters. The summed E-state index contributed by atoms with van der Waals surface area (Å²) in [5.41, 5.74) is 1.26. The van der Waals surface area contributed by atoms with E-state index < -0.39 is 0 Å². The largest absolute Gasteiger partial charge is 0.356 e. The third kappa shape index (κ3) is 4.60. The molecule has 3 nitrogen and oxygen atoms in total. The minimum Gasteiger partial charge on any atom is -0.356 e. The number of benzene rings is 1. The van der Waals surface area contributed by atoms with Gasteiger partial charge in [0.1, 0.15) is 0 Å². The zero-order chi connectivity index (χ0) is 15.1. The van der Waals surface area contributed by atoms with Crippen LogP contribution in [0.5, 0.6) is 0 Å². The SMILES string of the molecule is CN=C(NCC(C)c1cccs1)NC(C)c1ccccc1. The van der Waals surface area contributed by atoms with Gasteiger partial charge in [0.2, 0.25) is 0 Å². The van der Waals surface area contributed by atoms with Crippen molar-refractivity contribution in [1.29, 1.82) is 0 Å². The summed E-state index contributed by atoms with van der Waals surface area (Å²) in [6.07, 6.45) is 0. The molecule has 1 heterocycles. The van der Waals surface area contributed by atoms with Crippen LogP contribution in [0.25, 0.3) is 0 Å². The molecule has 0 radical (unpaired) electrons. The first kappa shape index (κ1) is 15.6. The Labute approximate surface area is 131 Å². The highest BCUT2D eigenvalue weighted by atomic mass is 32.1. The Morgan fingerprint density at radius 1 is 1.14 bits per heavy atom. The molecule has 1 aromatic carbocycles. The van der Waals surface area contributed by atoms with Gasteiger partial charge in [-0.3, -0.25) is 4.99 Å². The second kappa shape index (κ2) is 7.84. The van der Waals surface area contributed by atoms with Gasteiger partial charge in [-0.25, -0.2) is 0 Å². The lowest BCUT2D eigenvalue weighted by atomic mass is 10.1. The average molecular weight is 301 g/mol. The number of nitrogens with one attached hydrogen (secondary N) is 2. The molecule has 2 N–H and O–H groups in total. The van der Waals surface area contributed by atoms with Gasteiger partial charge < -0.3 is 10.6 Å². The molecule has 2 rings (SSSR count). The Bertz CT molecular complexity index is 549. The summed E-state index contributed by atoms with van der Waals surface area (Å²) in [4.78, 5) is 5.70. The highest BCUT2D eigenvalue weighted by Gasteiger charge is 2.10. The van der Waals surface area contributed by atoms with Crippen LogP contribution < -0.4 is 10.6 Å². The van der Waals surface area contributed by atoms with Crippen LogP contribution in [-0.2, 0) is 0 Å². The van der Waals surface area contributed by atoms with E-state index in [1.165, 1.54) is 10.4 Å². The maximum absolute atomic E-state index is 4.30. The van der Waals surface area contributed by atoms with Gasteiger partial charge in [0.05, 0.1) is 6.04 Å². The summed E-state index contributed by atoms with van der Waals surface area (Å²) in [6.45, 7) is 5.25. The predicted octanol–water partition coefficient (Wildman–Crippen LogP) is 3.78. The summed E-state index contributed by atoms with van der Waals surface area (Å²) in [7, 11) is 1.81. The molecule has 0 aliphatic heterocycles. The van der Waals surface area contributed by atoms with Crippen molar-refractivity contribution in [1.82, 2.24) is 10.6 Å². The van der Waals surface area contributed by atoms with E-state index in [1.807, 2.05) is 13.1 Å². The van der Waals surface area contributed by atoms with E-state index in [0.29, 0.717) is 5.92 Å². The molecule has 0 saturated carbocycles. The van der Waals surface area contributed by atoms with E-state index in [2.05, 4.69) is 71.3 Å². The average Bonchev–Trinajstić information content (AvgIpc) is 3.06. The fourth-order valence-electron chi connectivity index (χ4n) is 2.15. The third-order valence-electron chi connectivity index (χ3n) is 3.48. The van der Waals surface area contributed by atoms with Crippen LogP contribution in [0.15, 0.2) is 52.8 Å². The van der Waals surface area contributed by atoms with E-state index >= 15 is 0 Å². The van der Waals surface area contributed by atoms with Crippen molar-refractivity contribution >= 4 is 17.3 Å². The van der Waals surface area contributed by atoms with Gasteiger partial charge >= 0.3 is 0 Å². The monoisotopic (exact) mass is 301 g/mol. The molecule has 1 aromatic heterocycles. The summed E-state index contributed by atoms with van der Waals surface area (Å²) in [6, 6.07) is 14.9. The molecule has 0 aliphatic carbocycles. The fraction of sp³-hybridized carbons (Fsp3) is 0.353. The van der Waals surface area contributed by atoms with E-state index in [9.17, 15) is 0 Å². The zero-order valence-corrected chi connectivity index (χ0v) is 13.7. The van der Waals surface area contributed by atoms with Crippen LogP contribution in [0.3, 0.4) is 0 Å².